The fourth-order valence-corrected chi connectivity index (χ4v) is 4.45. The Labute approximate surface area is 181 Å². The first kappa shape index (κ1) is 23.9. The lowest BCUT2D eigenvalue weighted by atomic mass is 10.1. The van der Waals surface area contributed by atoms with Crippen LogP contribution in [0.3, 0.4) is 0 Å². The van der Waals surface area contributed by atoms with Gasteiger partial charge >= 0.3 is 5.97 Å². The number of anilines is 1. The number of thioether (sulfide) groups is 1. The Hall–Kier alpha value is -2.36. The molecule has 2 aromatic carbocycles. The number of aryl methyl sites for hydroxylation is 2. The van der Waals surface area contributed by atoms with Crippen LogP contribution in [-0.2, 0) is 24.3 Å². The van der Waals surface area contributed by atoms with Crippen LogP contribution in [0.2, 0.25) is 0 Å². The average molecular weight is 451 g/mol. The summed E-state index contributed by atoms with van der Waals surface area (Å²) in [6.45, 7) is 3.23. The summed E-state index contributed by atoms with van der Waals surface area (Å²) < 4.78 is 32.6. The number of carbonyl (C=O) groups excluding carboxylic acids is 2. The number of carbonyl (C=O) groups is 2. The van der Waals surface area contributed by atoms with Gasteiger partial charge in [0, 0.05) is 5.69 Å². The average Bonchev–Trinajstić information content (AvgIpc) is 2.72. The minimum absolute atomic E-state index is 0.0553. The Morgan fingerprint density at radius 1 is 1.03 bits per heavy atom. The summed E-state index contributed by atoms with van der Waals surface area (Å²) in [4.78, 5) is 24.8. The normalized spacial score (nSPS) is 12.2. The smallest absolute Gasteiger partial charge is 0.324 e. The van der Waals surface area contributed by atoms with E-state index in [0.29, 0.717) is 11.4 Å². The zero-order chi connectivity index (χ0) is 22.1. The van der Waals surface area contributed by atoms with Gasteiger partial charge < -0.3 is 10.1 Å². The first-order chi connectivity index (χ1) is 14.2. The number of benzene rings is 2. The fraction of sp³-hybridized carbons (Fsp3) is 0.333. The molecule has 1 amide bonds. The SMILES string of the molecule is CSCCC(NS(=O)(=O)c1ccccc1)C(=O)OCC(=O)Nc1c(C)cccc1C. The van der Waals surface area contributed by atoms with Crippen LogP contribution < -0.4 is 10.0 Å². The molecular formula is C21H26N2O5S2. The predicted octanol–water partition coefficient (Wildman–Crippen LogP) is 2.89. The van der Waals surface area contributed by atoms with E-state index in [9.17, 15) is 18.0 Å². The third-order valence-electron chi connectivity index (χ3n) is 4.34. The molecule has 1 unspecified atom stereocenters. The predicted molar refractivity (Wildman–Crippen MR) is 119 cm³/mol. The van der Waals surface area contributed by atoms with Crippen molar-refractivity contribution >= 4 is 39.3 Å². The lowest BCUT2D eigenvalue weighted by molar-refractivity contribution is -0.149. The van der Waals surface area contributed by atoms with Crippen molar-refractivity contribution in [2.45, 2.75) is 31.2 Å². The van der Waals surface area contributed by atoms with Crippen molar-refractivity contribution in [2.75, 3.05) is 23.9 Å². The van der Waals surface area contributed by atoms with Crippen LogP contribution in [-0.4, -0.2) is 45.0 Å². The summed E-state index contributed by atoms with van der Waals surface area (Å²) in [6, 6.07) is 12.3. The summed E-state index contributed by atoms with van der Waals surface area (Å²) in [7, 11) is -3.89. The Balaban J connectivity index is 2.02. The zero-order valence-electron chi connectivity index (χ0n) is 17.2. The van der Waals surface area contributed by atoms with E-state index in [4.69, 9.17) is 4.74 Å². The van der Waals surface area contributed by atoms with Gasteiger partial charge in [-0.15, -0.1) is 0 Å². The summed E-state index contributed by atoms with van der Waals surface area (Å²) in [5, 5.41) is 2.73. The molecule has 1 atom stereocenters. The van der Waals surface area contributed by atoms with E-state index in [1.165, 1.54) is 23.9 Å². The van der Waals surface area contributed by atoms with Crippen molar-refractivity contribution in [1.82, 2.24) is 4.72 Å². The molecule has 9 heteroatoms. The Morgan fingerprint density at radius 2 is 1.67 bits per heavy atom. The third-order valence-corrected chi connectivity index (χ3v) is 6.47. The monoisotopic (exact) mass is 450 g/mol. The lowest BCUT2D eigenvalue weighted by Gasteiger charge is -2.18. The molecule has 162 valence electrons. The second-order valence-electron chi connectivity index (χ2n) is 6.69. The van der Waals surface area contributed by atoms with E-state index in [1.807, 2.05) is 38.3 Å². The van der Waals surface area contributed by atoms with Crippen molar-refractivity contribution in [1.29, 1.82) is 0 Å². The maximum Gasteiger partial charge on any atom is 0.324 e. The van der Waals surface area contributed by atoms with Gasteiger partial charge in [0.25, 0.3) is 5.91 Å². The van der Waals surface area contributed by atoms with E-state index in [1.54, 1.807) is 18.2 Å². The van der Waals surface area contributed by atoms with Gasteiger partial charge in [0.05, 0.1) is 4.90 Å². The van der Waals surface area contributed by atoms with E-state index >= 15 is 0 Å². The molecule has 0 spiro atoms. The highest BCUT2D eigenvalue weighted by atomic mass is 32.2. The van der Waals surface area contributed by atoms with Crippen molar-refractivity contribution in [3.8, 4) is 0 Å². The highest BCUT2D eigenvalue weighted by Gasteiger charge is 2.27. The van der Waals surface area contributed by atoms with Crippen LogP contribution >= 0.6 is 11.8 Å². The van der Waals surface area contributed by atoms with Crippen LogP contribution in [0.5, 0.6) is 0 Å². The van der Waals surface area contributed by atoms with Gasteiger partial charge in [-0.25, -0.2) is 8.42 Å². The number of amides is 1. The molecule has 0 bridgehead atoms. The summed E-state index contributed by atoms with van der Waals surface area (Å²) in [6.07, 6.45) is 2.09. The topological polar surface area (TPSA) is 102 Å². The number of hydrogen-bond acceptors (Lipinski definition) is 6. The van der Waals surface area contributed by atoms with E-state index < -0.39 is 34.5 Å². The quantitative estimate of drug-likeness (QED) is 0.540. The number of ether oxygens (including phenoxy) is 1. The van der Waals surface area contributed by atoms with E-state index in [0.717, 1.165) is 11.1 Å². The minimum atomic E-state index is -3.89. The van der Waals surface area contributed by atoms with Gasteiger partial charge in [-0.1, -0.05) is 36.4 Å². The van der Waals surface area contributed by atoms with Gasteiger partial charge in [-0.3, -0.25) is 9.59 Å². The minimum Gasteiger partial charge on any atom is -0.454 e. The third kappa shape index (κ3) is 6.86. The largest absolute Gasteiger partial charge is 0.454 e. The molecule has 7 nitrogen and oxygen atoms in total. The van der Waals surface area contributed by atoms with Gasteiger partial charge in [-0.2, -0.15) is 16.5 Å². The summed E-state index contributed by atoms with van der Waals surface area (Å²) >= 11 is 1.48. The molecule has 0 saturated heterocycles. The van der Waals surface area contributed by atoms with Crippen molar-refractivity contribution in [2.24, 2.45) is 0 Å². The number of esters is 1. The van der Waals surface area contributed by atoms with E-state index in [-0.39, 0.29) is 11.3 Å². The van der Waals surface area contributed by atoms with Gasteiger partial charge in [0.1, 0.15) is 6.04 Å². The maximum absolute atomic E-state index is 12.6. The van der Waals surface area contributed by atoms with Gasteiger partial charge in [0.15, 0.2) is 6.61 Å². The van der Waals surface area contributed by atoms with Crippen LogP contribution in [0, 0.1) is 13.8 Å². The number of sulfonamides is 1. The molecule has 0 aliphatic heterocycles. The van der Waals surface area contributed by atoms with Crippen LogP contribution in [0.4, 0.5) is 5.69 Å². The molecular weight excluding hydrogens is 424 g/mol. The molecule has 0 aliphatic carbocycles. The first-order valence-electron chi connectivity index (χ1n) is 9.33. The number of para-hydroxylation sites is 1. The summed E-state index contributed by atoms with van der Waals surface area (Å²) in [5.41, 5.74) is 2.45. The molecule has 2 N–H and O–H groups in total. The van der Waals surface area contributed by atoms with Crippen LogP contribution in [0.15, 0.2) is 53.4 Å². The Kier molecular flexibility index (Phi) is 8.88. The molecule has 0 aliphatic rings. The first-order valence-corrected chi connectivity index (χ1v) is 12.2. The molecule has 30 heavy (non-hydrogen) atoms. The second-order valence-corrected chi connectivity index (χ2v) is 9.39. The van der Waals surface area contributed by atoms with Gasteiger partial charge in [-0.05, 0) is 55.5 Å². The van der Waals surface area contributed by atoms with Crippen molar-refractivity contribution in [3.63, 3.8) is 0 Å². The van der Waals surface area contributed by atoms with E-state index in [2.05, 4.69) is 10.0 Å². The molecule has 0 aromatic heterocycles. The highest BCUT2D eigenvalue weighted by Crippen LogP contribution is 2.19. The van der Waals surface area contributed by atoms with Gasteiger partial charge in [0.2, 0.25) is 10.0 Å². The Bertz CT molecular complexity index is 958. The van der Waals surface area contributed by atoms with Crippen molar-refractivity contribution in [3.05, 3.63) is 59.7 Å². The van der Waals surface area contributed by atoms with Crippen LogP contribution in [0.1, 0.15) is 17.5 Å². The molecule has 2 rings (SSSR count). The molecule has 2 aromatic rings. The Morgan fingerprint density at radius 3 is 2.27 bits per heavy atom. The second kappa shape index (κ2) is 11.1. The standard InChI is InChI=1S/C21H26N2O5S2/c1-15-8-7-9-16(2)20(15)22-19(24)14-28-21(25)18(12-13-29-3)23-30(26,27)17-10-5-4-6-11-17/h4-11,18,23H,12-14H2,1-3H3,(H,22,24). The fourth-order valence-electron chi connectivity index (χ4n) is 2.74. The molecule has 0 fully saturated rings. The molecule has 0 saturated carbocycles. The number of nitrogens with one attached hydrogen (secondary N) is 2. The molecule has 0 heterocycles. The number of rotatable bonds is 10. The van der Waals surface area contributed by atoms with Crippen LogP contribution in [0.25, 0.3) is 0 Å². The number of hydrogen-bond donors (Lipinski definition) is 2. The lowest BCUT2D eigenvalue weighted by Crippen LogP contribution is -2.43. The van der Waals surface area contributed by atoms with Crippen molar-refractivity contribution < 1.29 is 22.7 Å². The zero-order valence-corrected chi connectivity index (χ0v) is 18.8. The highest BCUT2D eigenvalue weighted by molar-refractivity contribution is 7.98. The summed E-state index contributed by atoms with van der Waals surface area (Å²) in [5.74, 6) is -0.735. The maximum atomic E-state index is 12.6. The molecule has 0 radical (unpaired) electrons.